The maximum atomic E-state index is 5.20. The largest absolute Gasteiger partial charge is 0.463 e. The van der Waals surface area contributed by atoms with Crippen molar-refractivity contribution in [1.82, 2.24) is 4.68 Å². The first-order chi connectivity index (χ1) is 8.16. The first kappa shape index (κ1) is 11.9. The summed E-state index contributed by atoms with van der Waals surface area (Å²) in [5.41, 5.74) is 1.07. The monoisotopic (exact) mass is 249 g/mol. The molecule has 0 aromatic carbocycles. The van der Waals surface area contributed by atoms with Crippen LogP contribution in [0.3, 0.4) is 0 Å². The van der Waals surface area contributed by atoms with E-state index >= 15 is 0 Å². The molecule has 0 spiro atoms. The SMILES string of the molecule is Cc1csc(=NC(C)C)n1N=Cc1ccco1. The van der Waals surface area contributed by atoms with Crippen LogP contribution in [-0.4, -0.2) is 16.9 Å². The van der Waals surface area contributed by atoms with E-state index in [1.807, 2.05) is 29.1 Å². The van der Waals surface area contributed by atoms with Crippen LogP contribution in [0.2, 0.25) is 0 Å². The summed E-state index contributed by atoms with van der Waals surface area (Å²) in [6.45, 7) is 6.11. The van der Waals surface area contributed by atoms with Crippen LogP contribution in [0.4, 0.5) is 0 Å². The van der Waals surface area contributed by atoms with Crippen LogP contribution in [0.25, 0.3) is 0 Å². The summed E-state index contributed by atoms with van der Waals surface area (Å²) in [6.07, 6.45) is 3.32. The van der Waals surface area contributed by atoms with Gasteiger partial charge in [0.05, 0.1) is 18.2 Å². The van der Waals surface area contributed by atoms with Crippen LogP contribution in [0.1, 0.15) is 25.3 Å². The number of thiazole rings is 1. The Hall–Kier alpha value is -1.62. The maximum absolute atomic E-state index is 5.20. The molecule has 17 heavy (non-hydrogen) atoms. The lowest BCUT2D eigenvalue weighted by Crippen LogP contribution is -2.14. The van der Waals surface area contributed by atoms with Crippen LogP contribution < -0.4 is 4.80 Å². The second-order valence-corrected chi connectivity index (χ2v) is 4.79. The number of hydrogen-bond acceptors (Lipinski definition) is 4. The Morgan fingerprint density at radius 3 is 2.94 bits per heavy atom. The van der Waals surface area contributed by atoms with Crippen molar-refractivity contribution in [2.75, 3.05) is 0 Å². The van der Waals surface area contributed by atoms with E-state index < -0.39 is 0 Å². The molecule has 0 aliphatic rings. The van der Waals surface area contributed by atoms with Crippen molar-refractivity contribution >= 4 is 17.6 Å². The van der Waals surface area contributed by atoms with Gasteiger partial charge in [-0.25, -0.2) is 4.68 Å². The fourth-order valence-corrected chi connectivity index (χ4v) is 2.25. The first-order valence-corrected chi connectivity index (χ1v) is 6.33. The number of hydrogen-bond donors (Lipinski definition) is 0. The van der Waals surface area contributed by atoms with Gasteiger partial charge in [-0.05, 0) is 32.9 Å². The van der Waals surface area contributed by atoms with Crippen molar-refractivity contribution in [3.05, 3.63) is 40.0 Å². The van der Waals surface area contributed by atoms with Gasteiger partial charge in [0, 0.05) is 11.4 Å². The van der Waals surface area contributed by atoms with Crippen LogP contribution >= 0.6 is 11.3 Å². The van der Waals surface area contributed by atoms with Gasteiger partial charge in [-0.3, -0.25) is 4.99 Å². The molecule has 90 valence electrons. The van der Waals surface area contributed by atoms with E-state index in [1.165, 1.54) is 0 Å². The van der Waals surface area contributed by atoms with Crippen LogP contribution in [0, 0.1) is 6.92 Å². The standard InChI is InChI=1S/C12H15N3OS/c1-9(2)14-12-15(10(3)8-17-12)13-7-11-5-4-6-16-11/h4-9H,1-3H3. The van der Waals surface area contributed by atoms with E-state index in [0.717, 1.165) is 16.3 Å². The molecule has 0 aliphatic carbocycles. The molecule has 0 N–H and O–H groups in total. The number of nitrogens with zero attached hydrogens (tertiary/aromatic N) is 3. The van der Waals surface area contributed by atoms with Crippen LogP contribution in [0.5, 0.6) is 0 Å². The zero-order valence-corrected chi connectivity index (χ0v) is 10.9. The van der Waals surface area contributed by atoms with E-state index in [4.69, 9.17) is 4.42 Å². The predicted molar refractivity (Wildman–Crippen MR) is 69.4 cm³/mol. The molecule has 0 saturated carbocycles. The van der Waals surface area contributed by atoms with Gasteiger partial charge in [-0.1, -0.05) is 0 Å². The molecule has 0 saturated heterocycles. The Kier molecular flexibility index (Phi) is 3.58. The molecule has 0 fully saturated rings. The van der Waals surface area contributed by atoms with Gasteiger partial charge < -0.3 is 4.42 Å². The molecule has 0 bridgehead atoms. The van der Waals surface area contributed by atoms with Gasteiger partial charge in [-0.15, -0.1) is 11.3 Å². The number of furan rings is 1. The van der Waals surface area contributed by atoms with Gasteiger partial charge >= 0.3 is 0 Å². The smallest absolute Gasteiger partial charge is 0.206 e. The molecule has 2 rings (SSSR count). The van der Waals surface area contributed by atoms with Crippen molar-refractivity contribution in [3.63, 3.8) is 0 Å². The Bertz CT molecular complexity index is 561. The molecule has 5 heteroatoms. The maximum Gasteiger partial charge on any atom is 0.206 e. The molecule has 2 heterocycles. The van der Waals surface area contributed by atoms with Crippen LogP contribution in [-0.2, 0) is 0 Å². The average Bonchev–Trinajstić information content (AvgIpc) is 2.87. The zero-order valence-electron chi connectivity index (χ0n) is 10.1. The summed E-state index contributed by atoms with van der Waals surface area (Å²) in [4.78, 5) is 5.42. The molecule has 4 nitrogen and oxygen atoms in total. The molecule has 2 aromatic heterocycles. The third kappa shape index (κ3) is 2.94. The van der Waals surface area contributed by atoms with Crippen molar-refractivity contribution in [2.45, 2.75) is 26.8 Å². The average molecular weight is 249 g/mol. The second-order valence-electron chi connectivity index (χ2n) is 3.95. The quantitative estimate of drug-likeness (QED) is 0.771. The fourth-order valence-electron chi connectivity index (χ4n) is 1.31. The lowest BCUT2D eigenvalue weighted by molar-refractivity contribution is 0.559. The summed E-state index contributed by atoms with van der Waals surface area (Å²) in [5, 5.41) is 6.42. The third-order valence-electron chi connectivity index (χ3n) is 2.06. The molecular formula is C12H15N3OS. The molecule has 2 aromatic rings. The minimum absolute atomic E-state index is 0.262. The zero-order chi connectivity index (χ0) is 12.3. The third-order valence-corrected chi connectivity index (χ3v) is 3.01. The molecule has 0 unspecified atom stereocenters. The lowest BCUT2D eigenvalue weighted by atomic mass is 10.4. The Morgan fingerprint density at radius 1 is 1.47 bits per heavy atom. The second kappa shape index (κ2) is 5.14. The minimum Gasteiger partial charge on any atom is -0.463 e. The van der Waals surface area contributed by atoms with E-state index in [2.05, 4.69) is 23.9 Å². The topological polar surface area (TPSA) is 42.8 Å². The fraction of sp³-hybridized carbons (Fsp3) is 0.333. The van der Waals surface area contributed by atoms with Crippen LogP contribution in [0.15, 0.2) is 38.3 Å². The van der Waals surface area contributed by atoms with E-state index in [0.29, 0.717) is 0 Å². The number of rotatable bonds is 3. The minimum atomic E-state index is 0.262. The van der Waals surface area contributed by atoms with Crippen molar-refractivity contribution < 1.29 is 4.42 Å². The highest BCUT2D eigenvalue weighted by Gasteiger charge is 2.00. The van der Waals surface area contributed by atoms with Gasteiger partial charge in [-0.2, -0.15) is 5.10 Å². The van der Waals surface area contributed by atoms with Gasteiger partial charge in [0.25, 0.3) is 0 Å². The Morgan fingerprint density at radius 2 is 2.29 bits per heavy atom. The Balaban J connectivity index is 2.35. The molecular weight excluding hydrogens is 234 g/mol. The molecule has 0 amide bonds. The Labute approximate surface area is 104 Å². The summed E-state index contributed by atoms with van der Waals surface area (Å²) in [6, 6.07) is 3.97. The highest BCUT2D eigenvalue weighted by atomic mass is 32.1. The van der Waals surface area contributed by atoms with Crippen molar-refractivity contribution in [3.8, 4) is 0 Å². The summed E-state index contributed by atoms with van der Waals surface area (Å²) >= 11 is 1.59. The van der Waals surface area contributed by atoms with Gasteiger partial charge in [0.1, 0.15) is 5.76 Å². The van der Waals surface area contributed by atoms with E-state index in [-0.39, 0.29) is 6.04 Å². The van der Waals surface area contributed by atoms with Crippen molar-refractivity contribution in [2.24, 2.45) is 10.1 Å². The molecule has 0 atom stereocenters. The first-order valence-electron chi connectivity index (χ1n) is 5.45. The highest BCUT2D eigenvalue weighted by Crippen LogP contribution is 2.01. The summed E-state index contributed by atoms with van der Waals surface area (Å²) in [7, 11) is 0. The molecule has 0 aliphatic heterocycles. The highest BCUT2D eigenvalue weighted by molar-refractivity contribution is 7.07. The van der Waals surface area contributed by atoms with Crippen molar-refractivity contribution in [1.29, 1.82) is 0 Å². The van der Waals surface area contributed by atoms with Gasteiger partial charge in [0.15, 0.2) is 0 Å². The predicted octanol–water partition coefficient (Wildman–Crippen LogP) is 2.64. The lowest BCUT2D eigenvalue weighted by Gasteiger charge is -1.98. The summed E-state index contributed by atoms with van der Waals surface area (Å²) < 4.78 is 7.03. The normalized spacial score (nSPS) is 13.1. The number of aromatic nitrogens is 1. The number of aryl methyl sites for hydroxylation is 1. The van der Waals surface area contributed by atoms with E-state index in [9.17, 15) is 0 Å². The van der Waals surface area contributed by atoms with Gasteiger partial charge in [0.2, 0.25) is 4.80 Å². The summed E-state index contributed by atoms with van der Waals surface area (Å²) in [5.74, 6) is 0.735. The van der Waals surface area contributed by atoms with E-state index in [1.54, 1.807) is 23.8 Å². The molecule has 0 radical (unpaired) electrons.